The molecule has 0 saturated heterocycles. The molecule has 59 heavy (non-hydrogen) atoms. The number of ether oxygens (including phenoxy) is 4. The number of unbranched alkanes of at least 4 members (excludes halogenated alkanes) is 8. The van der Waals surface area contributed by atoms with Crippen molar-refractivity contribution in [1.29, 1.82) is 21.0 Å². The van der Waals surface area contributed by atoms with E-state index < -0.39 is 30.9 Å². The van der Waals surface area contributed by atoms with E-state index in [4.69, 9.17) is 57.9 Å². The Morgan fingerprint density at radius 2 is 0.729 bits per heavy atom. The van der Waals surface area contributed by atoms with E-state index in [1.165, 1.54) is 189 Å². The number of hydrogen-bond acceptors (Lipinski definition) is 14. The maximum absolute atomic E-state index is 8.73. The number of nitrogens with zero attached hydrogens (tertiary/aromatic N) is 6. The van der Waals surface area contributed by atoms with Gasteiger partial charge in [-0.05, 0) is 57.8 Å². The van der Waals surface area contributed by atoms with E-state index in [2.05, 4.69) is 64.9 Å². The van der Waals surface area contributed by atoms with Gasteiger partial charge in [0.1, 0.15) is 0 Å². The van der Waals surface area contributed by atoms with Crippen LogP contribution in [0.2, 0.25) is 0 Å². The van der Waals surface area contributed by atoms with Crippen LogP contribution < -0.4 is 19.8 Å². The van der Waals surface area contributed by atoms with Crippen LogP contribution in [0.3, 0.4) is 0 Å². The standard InChI is InChI=1S/2C16H36N.C10H10N6O4.Cr.4O/c2*1-5-9-13-17(14-10-6-2,15-11-7-3)16-12-8-4;11-4-17-8(15)2-1-3-9(18-5-12,19-6-13)10(8,16)20-7-14;;;;;/h2*5-16H2,1-4H3;1-3,15-16H2;;;;;/q2*+1;;;;;2*-1. The van der Waals surface area contributed by atoms with E-state index in [9.17, 15) is 0 Å². The van der Waals surface area contributed by atoms with Crippen molar-refractivity contribution in [3.05, 3.63) is 0 Å². The Morgan fingerprint density at radius 1 is 0.492 bits per heavy atom. The van der Waals surface area contributed by atoms with Crippen LogP contribution in [0, 0.1) is 46.1 Å². The third kappa shape index (κ3) is 24.8. The van der Waals surface area contributed by atoms with Gasteiger partial charge in [-0.3, -0.25) is 11.5 Å². The van der Waals surface area contributed by atoms with Crippen molar-refractivity contribution >= 4 is 0 Å². The monoisotopic (exact) mass is 879 g/mol. The number of hydrogen-bond donors (Lipinski definition) is 2. The molecule has 0 aromatic heterocycles. The average Bonchev–Trinajstić information content (AvgIpc) is 3.19. The summed E-state index contributed by atoms with van der Waals surface area (Å²) < 4.78 is 56.0. The molecular formula is C42H82CrN8O8. The van der Waals surface area contributed by atoms with Gasteiger partial charge in [0.05, 0.1) is 52.4 Å². The summed E-state index contributed by atoms with van der Waals surface area (Å²) in [5.41, 5.74) is 7.36. The van der Waals surface area contributed by atoms with Crippen LogP contribution in [0.4, 0.5) is 0 Å². The molecule has 1 saturated carbocycles. The second-order valence-corrected chi connectivity index (χ2v) is 17.0. The van der Waals surface area contributed by atoms with Crippen molar-refractivity contribution in [2.24, 2.45) is 11.5 Å². The number of nitriles is 4. The summed E-state index contributed by atoms with van der Waals surface area (Å²) in [5, 5.41) is 34.8. The molecule has 0 amide bonds. The molecular weight excluding hydrogens is 797 g/mol. The molecule has 2 unspecified atom stereocenters. The van der Waals surface area contributed by atoms with Crippen molar-refractivity contribution < 1.29 is 57.5 Å². The molecule has 4 N–H and O–H groups in total. The summed E-state index contributed by atoms with van der Waals surface area (Å²) >= 11 is -5.75. The Balaban J connectivity index is -0.000000755. The fourth-order valence-electron chi connectivity index (χ4n) is 7.43. The van der Waals surface area contributed by atoms with E-state index in [1.54, 1.807) is 0 Å². The zero-order chi connectivity index (χ0) is 45.7. The Kier molecular flexibility index (Phi) is 35.5. The van der Waals surface area contributed by atoms with Crippen LogP contribution in [0.15, 0.2) is 0 Å². The van der Waals surface area contributed by atoms with Crippen LogP contribution in [-0.2, 0) is 40.2 Å². The molecule has 1 fully saturated rings. The van der Waals surface area contributed by atoms with Crippen molar-refractivity contribution in [1.82, 2.24) is 0 Å². The molecule has 1 aliphatic carbocycles. The molecule has 2 atom stereocenters. The van der Waals surface area contributed by atoms with Crippen molar-refractivity contribution in [2.45, 2.75) is 195 Å². The predicted octanol–water partition coefficient (Wildman–Crippen LogP) is 6.56. The Hall–Kier alpha value is -2.95. The molecule has 0 heterocycles. The molecule has 0 aromatic rings. The first-order valence-electron chi connectivity index (χ1n) is 22.2. The van der Waals surface area contributed by atoms with Gasteiger partial charge in [-0.1, -0.05) is 107 Å². The first-order chi connectivity index (χ1) is 27.9. The molecule has 344 valence electrons. The van der Waals surface area contributed by atoms with Crippen LogP contribution in [0.1, 0.15) is 177 Å². The molecule has 0 aliphatic heterocycles. The van der Waals surface area contributed by atoms with E-state index in [0.717, 1.165) is 0 Å². The fourth-order valence-corrected chi connectivity index (χ4v) is 7.43. The maximum atomic E-state index is 8.73. The number of rotatable bonds is 28. The second kappa shape index (κ2) is 34.7. The SMILES string of the molecule is CCCC[N+](CCCC)(CCCC)CCCC.CCCC[N+](CCCC)(CCCC)CCCC.N#COC1(N)CCCC(OC#N)(OC#N)C1(N)OC#N.[O]=[Cr](=[O])([O-])[O-]. The molecule has 17 heteroatoms. The number of nitrogens with two attached hydrogens (primary N) is 2. The molecule has 1 rings (SSSR count). The summed E-state index contributed by atoms with van der Waals surface area (Å²) in [6.07, 6.45) is 27.6. The molecule has 16 nitrogen and oxygen atoms in total. The van der Waals surface area contributed by atoms with Gasteiger partial charge in [0.15, 0.2) is 0 Å². The van der Waals surface area contributed by atoms with Gasteiger partial charge in [0.25, 0.3) is 25.0 Å². The second-order valence-electron chi connectivity index (χ2n) is 15.7. The molecule has 0 radical (unpaired) electrons. The van der Waals surface area contributed by atoms with Gasteiger partial charge in [0, 0.05) is 12.8 Å². The van der Waals surface area contributed by atoms with Crippen molar-refractivity contribution in [3.63, 3.8) is 0 Å². The third-order valence-corrected chi connectivity index (χ3v) is 11.0. The van der Waals surface area contributed by atoms with Gasteiger partial charge in [-0.2, -0.15) is 21.0 Å². The van der Waals surface area contributed by atoms with E-state index >= 15 is 0 Å². The zero-order valence-electron chi connectivity index (χ0n) is 38.1. The van der Waals surface area contributed by atoms with Gasteiger partial charge >= 0.3 is 41.0 Å². The quantitative estimate of drug-likeness (QED) is 0.0479. The Bertz CT molecular complexity index is 1200. The topological polar surface area (TPSA) is 264 Å². The van der Waals surface area contributed by atoms with E-state index in [1.807, 2.05) is 0 Å². The van der Waals surface area contributed by atoms with Gasteiger partial charge < -0.3 is 27.9 Å². The minimum absolute atomic E-state index is 0.0179. The summed E-state index contributed by atoms with van der Waals surface area (Å²) in [6, 6.07) is 0. The summed E-state index contributed by atoms with van der Waals surface area (Å²) in [6.45, 7) is 30.0. The molecule has 1 aliphatic rings. The van der Waals surface area contributed by atoms with Crippen molar-refractivity contribution in [2.75, 3.05) is 52.4 Å². The van der Waals surface area contributed by atoms with Gasteiger partial charge in [-0.15, -0.1) is 0 Å². The normalized spacial score (nSPS) is 18.2. The molecule has 0 bridgehead atoms. The third-order valence-electron chi connectivity index (χ3n) is 11.0. The average molecular weight is 879 g/mol. The first-order valence-corrected chi connectivity index (χ1v) is 24.2. The molecule has 0 spiro atoms. The van der Waals surface area contributed by atoms with E-state index in [0.29, 0.717) is 0 Å². The Morgan fingerprint density at radius 3 is 0.932 bits per heavy atom. The summed E-state index contributed by atoms with van der Waals surface area (Å²) in [5.74, 6) is -2.17. The molecule has 0 aromatic carbocycles. The van der Waals surface area contributed by atoms with Crippen LogP contribution >= 0.6 is 0 Å². The van der Waals surface area contributed by atoms with Gasteiger partial charge in [-0.25, -0.2) is 0 Å². The first kappa shape index (κ1) is 60.4. The zero-order valence-corrected chi connectivity index (χ0v) is 39.4. The Labute approximate surface area is 360 Å². The van der Waals surface area contributed by atoms with Gasteiger partial charge in [0.2, 0.25) is 5.72 Å². The van der Waals surface area contributed by atoms with Crippen LogP contribution in [0.25, 0.3) is 0 Å². The summed E-state index contributed by atoms with van der Waals surface area (Å²) in [7, 11) is 0. The number of quaternary nitrogens is 2. The summed E-state index contributed by atoms with van der Waals surface area (Å²) in [4.78, 5) is 0. The van der Waals surface area contributed by atoms with Crippen molar-refractivity contribution in [3.8, 4) is 25.0 Å². The van der Waals surface area contributed by atoms with Crippen LogP contribution in [0.5, 0.6) is 0 Å². The van der Waals surface area contributed by atoms with Crippen LogP contribution in [-0.4, -0.2) is 78.6 Å². The fraction of sp³-hybridized carbons (Fsp3) is 0.905. The minimum atomic E-state index is -5.75. The predicted molar refractivity (Wildman–Crippen MR) is 217 cm³/mol. The van der Waals surface area contributed by atoms with E-state index in [-0.39, 0.29) is 19.3 Å².